The van der Waals surface area contributed by atoms with Crippen molar-refractivity contribution in [2.45, 2.75) is 26.7 Å². The number of hydrogen-bond acceptors (Lipinski definition) is 4. The molecule has 1 saturated carbocycles. The Hall–Kier alpha value is -3.68. The van der Waals surface area contributed by atoms with Crippen LogP contribution in [0.5, 0.6) is 0 Å². The number of amides is 1. The Balaban J connectivity index is 1.72. The van der Waals surface area contributed by atoms with Crippen LogP contribution in [-0.4, -0.2) is 34.6 Å². The molecule has 0 spiro atoms. The Morgan fingerprint density at radius 2 is 2.10 bits per heavy atom. The van der Waals surface area contributed by atoms with Crippen molar-refractivity contribution in [3.8, 4) is 0 Å². The van der Waals surface area contributed by atoms with Gasteiger partial charge in [-0.1, -0.05) is 12.2 Å². The fraction of sp³-hybridized carbons (Fsp3) is 0.261. The van der Waals surface area contributed by atoms with Crippen molar-refractivity contribution in [1.82, 2.24) is 9.55 Å². The number of aliphatic imine (C=N–C) groups is 1. The molecule has 2 N–H and O–H groups in total. The number of amidine groups is 1. The molecule has 0 atom stereocenters. The van der Waals surface area contributed by atoms with E-state index in [-0.39, 0.29) is 0 Å². The van der Waals surface area contributed by atoms with Crippen molar-refractivity contribution in [2.75, 3.05) is 12.4 Å². The second-order valence-corrected chi connectivity index (χ2v) is 7.19. The van der Waals surface area contributed by atoms with E-state index in [9.17, 15) is 9.18 Å². The zero-order valence-corrected chi connectivity index (χ0v) is 17.8. The largest absolute Gasteiger partial charge is 0.318 e. The molecule has 8 heteroatoms. The molecule has 1 amide bonds. The second-order valence-electron chi connectivity index (χ2n) is 7.19. The van der Waals surface area contributed by atoms with Crippen molar-refractivity contribution < 1.29 is 9.18 Å². The number of aromatic nitrogens is 2. The molecule has 0 aromatic carbocycles. The highest BCUT2D eigenvalue weighted by Crippen LogP contribution is 2.31. The van der Waals surface area contributed by atoms with Crippen LogP contribution in [0.1, 0.15) is 32.3 Å². The number of rotatable bonds is 5. The van der Waals surface area contributed by atoms with Crippen molar-refractivity contribution in [1.29, 1.82) is 5.41 Å². The van der Waals surface area contributed by atoms with Gasteiger partial charge in [-0.2, -0.15) is 4.39 Å². The molecule has 0 aliphatic heterocycles. The fourth-order valence-electron chi connectivity index (χ4n) is 2.96. The first-order valence-corrected chi connectivity index (χ1v) is 9.97. The van der Waals surface area contributed by atoms with E-state index >= 15 is 0 Å². The van der Waals surface area contributed by atoms with Gasteiger partial charge in [0, 0.05) is 36.9 Å². The zero-order valence-electron chi connectivity index (χ0n) is 17.8. The number of nitrogens with zero attached hydrogens (tertiary/aromatic N) is 4. The third-order valence-electron chi connectivity index (χ3n) is 4.81. The standard InChI is InChI=1S/C23H25FN6O/c1-4-17(18-7-9-20(24)27-13-18)12-28-22(25)23(31)29-19-8-10-21(26-3)30(14-19)15(2)11-16-5-6-16/h4,7-14,16,25H,5-6H2,1-3H3,(H,29,31)/b15-11+,17-4+,25-22?,26-21?,28-12?. The predicted molar refractivity (Wildman–Crippen MR) is 121 cm³/mol. The lowest BCUT2D eigenvalue weighted by Crippen LogP contribution is -2.24. The number of carbonyl (C=O) groups is 1. The minimum absolute atomic E-state index is 0.449. The van der Waals surface area contributed by atoms with Crippen LogP contribution in [0.4, 0.5) is 10.1 Å². The summed E-state index contributed by atoms with van der Waals surface area (Å²) < 4.78 is 14.9. The summed E-state index contributed by atoms with van der Waals surface area (Å²) >= 11 is 0. The number of allylic oxidation sites excluding steroid dienone is 4. The summed E-state index contributed by atoms with van der Waals surface area (Å²) in [6.45, 7) is 3.79. The summed E-state index contributed by atoms with van der Waals surface area (Å²) in [5.74, 6) is -1.06. The number of halogens is 1. The van der Waals surface area contributed by atoms with Gasteiger partial charge in [0.05, 0.1) is 5.69 Å². The van der Waals surface area contributed by atoms with Crippen molar-refractivity contribution in [3.05, 3.63) is 65.8 Å². The third-order valence-corrected chi connectivity index (χ3v) is 4.81. The van der Waals surface area contributed by atoms with Gasteiger partial charge in [0.1, 0.15) is 5.49 Å². The first-order chi connectivity index (χ1) is 14.9. The van der Waals surface area contributed by atoms with Gasteiger partial charge in [-0.05, 0) is 62.4 Å². The molecule has 2 heterocycles. The van der Waals surface area contributed by atoms with Gasteiger partial charge in [0.2, 0.25) is 11.8 Å². The van der Waals surface area contributed by atoms with Crippen LogP contribution in [-0.2, 0) is 4.79 Å². The van der Waals surface area contributed by atoms with Crippen LogP contribution in [0.25, 0.3) is 11.3 Å². The Morgan fingerprint density at radius 3 is 2.71 bits per heavy atom. The van der Waals surface area contributed by atoms with E-state index in [4.69, 9.17) is 5.41 Å². The summed E-state index contributed by atoms with van der Waals surface area (Å²) in [4.78, 5) is 24.3. The molecule has 2 aromatic rings. The summed E-state index contributed by atoms with van der Waals surface area (Å²) in [6, 6.07) is 6.35. The van der Waals surface area contributed by atoms with Crippen LogP contribution in [0.15, 0.2) is 58.8 Å². The summed E-state index contributed by atoms with van der Waals surface area (Å²) in [7, 11) is 1.72. The SMILES string of the molecule is C/C=C(\C=NC(=N)C(=O)Nc1ccc(=NC)n(/C(C)=C/C2CC2)c1)c1ccc(F)nc1. The molecule has 0 bridgehead atoms. The molecule has 1 fully saturated rings. The van der Waals surface area contributed by atoms with Gasteiger partial charge >= 0.3 is 0 Å². The molecule has 0 saturated heterocycles. The van der Waals surface area contributed by atoms with Gasteiger partial charge in [-0.15, -0.1) is 0 Å². The van der Waals surface area contributed by atoms with Gasteiger partial charge in [0.15, 0.2) is 0 Å². The van der Waals surface area contributed by atoms with Crippen LogP contribution >= 0.6 is 0 Å². The van der Waals surface area contributed by atoms with Crippen molar-refractivity contribution >= 4 is 34.9 Å². The number of anilines is 1. The van der Waals surface area contributed by atoms with E-state index in [0.29, 0.717) is 22.7 Å². The average molecular weight is 420 g/mol. The minimum atomic E-state index is -0.638. The first kappa shape index (κ1) is 22.0. The minimum Gasteiger partial charge on any atom is -0.318 e. The molecule has 1 aliphatic carbocycles. The van der Waals surface area contributed by atoms with Crippen LogP contribution < -0.4 is 10.8 Å². The molecule has 3 rings (SSSR count). The van der Waals surface area contributed by atoms with E-state index in [1.54, 1.807) is 38.4 Å². The number of pyridine rings is 2. The molecular formula is C23H25FN6O. The highest BCUT2D eigenvalue weighted by Gasteiger charge is 2.19. The number of nitrogens with one attached hydrogen (secondary N) is 2. The molecule has 31 heavy (non-hydrogen) atoms. The highest BCUT2D eigenvalue weighted by molar-refractivity contribution is 6.43. The average Bonchev–Trinajstić information content (AvgIpc) is 3.59. The lowest BCUT2D eigenvalue weighted by Gasteiger charge is -2.11. The Labute approximate surface area is 180 Å². The number of hydrogen-bond donors (Lipinski definition) is 2. The van der Waals surface area contributed by atoms with Gasteiger partial charge < -0.3 is 9.88 Å². The first-order valence-electron chi connectivity index (χ1n) is 9.97. The predicted octanol–water partition coefficient (Wildman–Crippen LogP) is 3.91. The van der Waals surface area contributed by atoms with E-state index in [1.165, 1.54) is 31.3 Å². The van der Waals surface area contributed by atoms with E-state index < -0.39 is 17.7 Å². The van der Waals surface area contributed by atoms with E-state index in [0.717, 1.165) is 11.2 Å². The topological polar surface area (TPSA) is 95.5 Å². The monoisotopic (exact) mass is 420 g/mol. The van der Waals surface area contributed by atoms with Gasteiger partial charge in [-0.25, -0.2) is 9.98 Å². The molecular weight excluding hydrogens is 395 g/mol. The van der Waals surface area contributed by atoms with Gasteiger partial charge in [-0.3, -0.25) is 15.2 Å². The highest BCUT2D eigenvalue weighted by atomic mass is 19.1. The molecule has 1 aliphatic rings. The zero-order chi connectivity index (χ0) is 22.4. The maximum absolute atomic E-state index is 13.0. The maximum atomic E-state index is 13.0. The Kier molecular flexibility index (Phi) is 7.02. The maximum Gasteiger partial charge on any atom is 0.292 e. The molecule has 0 radical (unpaired) electrons. The summed E-state index contributed by atoms with van der Waals surface area (Å²) in [6.07, 6.45) is 10.9. The van der Waals surface area contributed by atoms with E-state index in [1.807, 2.05) is 17.6 Å². The quantitative estimate of drug-likeness (QED) is 0.436. The van der Waals surface area contributed by atoms with Gasteiger partial charge in [0.25, 0.3) is 5.91 Å². The van der Waals surface area contributed by atoms with Crippen LogP contribution in [0.2, 0.25) is 0 Å². The summed E-state index contributed by atoms with van der Waals surface area (Å²) in [5.41, 5.74) is 3.61. The Morgan fingerprint density at radius 1 is 1.32 bits per heavy atom. The van der Waals surface area contributed by atoms with Crippen molar-refractivity contribution in [2.24, 2.45) is 15.9 Å². The summed E-state index contributed by atoms with van der Waals surface area (Å²) in [5, 5.41) is 10.7. The molecule has 2 aromatic heterocycles. The smallest absolute Gasteiger partial charge is 0.292 e. The molecule has 7 nitrogen and oxygen atoms in total. The molecule has 0 unspecified atom stereocenters. The third kappa shape index (κ3) is 5.91. The van der Waals surface area contributed by atoms with Crippen LogP contribution in [0, 0.1) is 17.3 Å². The van der Waals surface area contributed by atoms with Crippen LogP contribution in [0.3, 0.4) is 0 Å². The number of carbonyl (C=O) groups excluding carboxylic acids is 1. The Bertz CT molecular complexity index is 1140. The molecule has 160 valence electrons. The normalized spacial score (nSPS) is 15.4. The van der Waals surface area contributed by atoms with E-state index in [2.05, 4.69) is 26.4 Å². The lowest BCUT2D eigenvalue weighted by atomic mass is 10.1. The lowest BCUT2D eigenvalue weighted by molar-refractivity contribution is -0.110. The fourth-order valence-corrected chi connectivity index (χ4v) is 2.96. The second kappa shape index (κ2) is 9.88. The van der Waals surface area contributed by atoms with Crippen molar-refractivity contribution in [3.63, 3.8) is 0 Å².